The smallest absolute Gasteiger partial charge is 0.0569 e. The largest absolute Gasteiger partial charge is 0.370 e. The normalized spacial score (nSPS) is 21.3. The number of aromatic nitrogens is 1. The van der Waals surface area contributed by atoms with E-state index in [1.54, 1.807) is 0 Å². The Balaban J connectivity index is 2.04. The van der Waals surface area contributed by atoms with Gasteiger partial charge in [-0.2, -0.15) is 0 Å². The van der Waals surface area contributed by atoms with Crippen molar-refractivity contribution in [2.45, 2.75) is 39.7 Å². The zero-order valence-corrected chi connectivity index (χ0v) is 11.1. The summed E-state index contributed by atoms with van der Waals surface area (Å²) in [6.45, 7) is 8.92. The molecule has 1 saturated heterocycles. The van der Waals surface area contributed by atoms with Gasteiger partial charge in [-0.05, 0) is 37.3 Å². The number of hydrogen-bond acceptors (Lipinski definition) is 3. The molecule has 0 unspecified atom stereocenters. The van der Waals surface area contributed by atoms with Crippen LogP contribution in [0.3, 0.4) is 0 Å². The van der Waals surface area contributed by atoms with E-state index in [0.29, 0.717) is 5.41 Å². The summed E-state index contributed by atoms with van der Waals surface area (Å²) in [6.07, 6.45) is 4.46. The van der Waals surface area contributed by atoms with Crippen molar-refractivity contribution in [2.24, 2.45) is 11.1 Å². The number of rotatable bonds is 2. The minimum atomic E-state index is 0.0179. The molecule has 3 nitrogen and oxygen atoms in total. The molecule has 1 aromatic heterocycles. The van der Waals surface area contributed by atoms with Gasteiger partial charge in [0.1, 0.15) is 0 Å². The van der Waals surface area contributed by atoms with Gasteiger partial charge < -0.3 is 10.6 Å². The summed E-state index contributed by atoms with van der Waals surface area (Å²) in [7, 11) is 0. The van der Waals surface area contributed by atoms with Crippen molar-refractivity contribution in [3.63, 3.8) is 0 Å². The standard InChI is InChI=1S/C14H23N3/c1-11(15)13-5-4-12(10-16-13)17-8-6-14(2,3)7-9-17/h4-5,10-11H,6-9,15H2,1-3H3/t11-/m1/s1. The van der Waals surface area contributed by atoms with Gasteiger partial charge in [-0.1, -0.05) is 13.8 Å². The lowest BCUT2D eigenvalue weighted by Crippen LogP contribution is -2.37. The fourth-order valence-electron chi connectivity index (χ4n) is 2.22. The van der Waals surface area contributed by atoms with E-state index in [1.165, 1.54) is 18.5 Å². The second-order valence-electron chi connectivity index (χ2n) is 5.88. The molecule has 0 aliphatic carbocycles. The Morgan fingerprint density at radius 2 is 1.94 bits per heavy atom. The fraction of sp³-hybridized carbons (Fsp3) is 0.643. The van der Waals surface area contributed by atoms with Crippen molar-refractivity contribution in [1.29, 1.82) is 0 Å². The van der Waals surface area contributed by atoms with Crippen LogP contribution in [0.15, 0.2) is 18.3 Å². The molecule has 3 heteroatoms. The van der Waals surface area contributed by atoms with E-state index in [4.69, 9.17) is 5.73 Å². The van der Waals surface area contributed by atoms with E-state index in [-0.39, 0.29) is 6.04 Å². The maximum atomic E-state index is 5.80. The van der Waals surface area contributed by atoms with Gasteiger partial charge in [-0.15, -0.1) is 0 Å². The highest BCUT2D eigenvalue weighted by atomic mass is 15.1. The number of piperidine rings is 1. The number of nitrogens with two attached hydrogens (primary N) is 1. The van der Waals surface area contributed by atoms with E-state index in [0.717, 1.165) is 18.8 Å². The second kappa shape index (κ2) is 4.65. The zero-order valence-electron chi connectivity index (χ0n) is 11.1. The molecular weight excluding hydrogens is 210 g/mol. The van der Waals surface area contributed by atoms with Crippen LogP contribution in [-0.2, 0) is 0 Å². The third kappa shape index (κ3) is 2.97. The Bertz CT molecular complexity index is 358. The first kappa shape index (κ1) is 12.4. The van der Waals surface area contributed by atoms with Crippen LogP contribution in [0, 0.1) is 5.41 Å². The van der Waals surface area contributed by atoms with Gasteiger partial charge in [0.25, 0.3) is 0 Å². The molecule has 17 heavy (non-hydrogen) atoms. The summed E-state index contributed by atoms with van der Waals surface area (Å²) in [5, 5.41) is 0. The summed E-state index contributed by atoms with van der Waals surface area (Å²) in [6, 6.07) is 4.20. The maximum absolute atomic E-state index is 5.80. The number of pyridine rings is 1. The van der Waals surface area contributed by atoms with E-state index in [2.05, 4.69) is 29.8 Å². The Morgan fingerprint density at radius 1 is 1.29 bits per heavy atom. The third-order valence-electron chi connectivity index (χ3n) is 3.72. The number of hydrogen-bond donors (Lipinski definition) is 1. The zero-order chi connectivity index (χ0) is 12.5. The molecular formula is C14H23N3. The van der Waals surface area contributed by atoms with E-state index >= 15 is 0 Å². The highest BCUT2D eigenvalue weighted by Gasteiger charge is 2.25. The lowest BCUT2D eigenvalue weighted by Gasteiger charge is -2.38. The van der Waals surface area contributed by atoms with Crippen LogP contribution in [-0.4, -0.2) is 18.1 Å². The average Bonchev–Trinajstić information content (AvgIpc) is 2.29. The quantitative estimate of drug-likeness (QED) is 0.854. The van der Waals surface area contributed by atoms with Crippen LogP contribution in [0.25, 0.3) is 0 Å². The topological polar surface area (TPSA) is 42.1 Å². The van der Waals surface area contributed by atoms with Crippen molar-refractivity contribution in [3.05, 3.63) is 24.0 Å². The highest BCUT2D eigenvalue weighted by molar-refractivity contribution is 5.45. The first-order chi connectivity index (χ1) is 7.98. The molecule has 94 valence electrons. The molecule has 1 aromatic rings. The minimum Gasteiger partial charge on any atom is -0.370 e. The molecule has 1 atom stereocenters. The minimum absolute atomic E-state index is 0.0179. The summed E-state index contributed by atoms with van der Waals surface area (Å²) in [4.78, 5) is 6.84. The Kier molecular flexibility index (Phi) is 3.38. The molecule has 1 aliphatic heterocycles. The van der Waals surface area contributed by atoms with Crippen LogP contribution < -0.4 is 10.6 Å². The summed E-state index contributed by atoms with van der Waals surface area (Å²) in [5.41, 5.74) is 8.49. The maximum Gasteiger partial charge on any atom is 0.0569 e. The molecule has 0 bridgehead atoms. The Labute approximate surface area is 104 Å². The monoisotopic (exact) mass is 233 g/mol. The second-order valence-corrected chi connectivity index (χ2v) is 5.88. The molecule has 1 fully saturated rings. The molecule has 0 radical (unpaired) electrons. The van der Waals surface area contributed by atoms with Gasteiger partial charge >= 0.3 is 0 Å². The van der Waals surface area contributed by atoms with Crippen LogP contribution in [0.4, 0.5) is 5.69 Å². The van der Waals surface area contributed by atoms with E-state index in [1.807, 2.05) is 19.2 Å². The van der Waals surface area contributed by atoms with Gasteiger partial charge in [0.2, 0.25) is 0 Å². The summed E-state index contributed by atoms with van der Waals surface area (Å²) < 4.78 is 0. The van der Waals surface area contributed by atoms with Crippen molar-refractivity contribution in [1.82, 2.24) is 4.98 Å². The van der Waals surface area contributed by atoms with Crippen LogP contribution in [0.1, 0.15) is 45.3 Å². The van der Waals surface area contributed by atoms with Crippen LogP contribution in [0.2, 0.25) is 0 Å². The lowest BCUT2D eigenvalue weighted by molar-refractivity contribution is 0.280. The molecule has 0 amide bonds. The Hall–Kier alpha value is -1.09. The lowest BCUT2D eigenvalue weighted by atomic mass is 9.82. The van der Waals surface area contributed by atoms with Crippen LogP contribution >= 0.6 is 0 Å². The SMILES string of the molecule is C[C@@H](N)c1ccc(N2CCC(C)(C)CC2)cn1. The van der Waals surface area contributed by atoms with E-state index in [9.17, 15) is 0 Å². The summed E-state index contributed by atoms with van der Waals surface area (Å²) >= 11 is 0. The van der Waals surface area contributed by atoms with E-state index < -0.39 is 0 Å². The van der Waals surface area contributed by atoms with Crippen molar-refractivity contribution >= 4 is 5.69 Å². The predicted molar refractivity (Wildman–Crippen MR) is 72.1 cm³/mol. The van der Waals surface area contributed by atoms with Crippen molar-refractivity contribution in [2.75, 3.05) is 18.0 Å². The molecule has 2 N–H and O–H groups in total. The van der Waals surface area contributed by atoms with Gasteiger partial charge in [0, 0.05) is 19.1 Å². The first-order valence-electron chi connectivity index (χ1n) is 6.44. The van der Waals surface area contributed by atoms with Gasteiger partial charge in [-0.3, -0.25) is 4.98 Å². The van der Waals surface area contributed by atoms with Crippen molar-refractivity contribution in [3.8, 4) is 0 Å². The molecule has 1 aliphatic rings. The van der Waals surface area contributed by atoms with Crippen LogP contribution in [0.5, 0.6) is 0 Å². The number of nitrogens with zero attached hydrogens (tertiary/aromatic N) is 2. The van der Waals surface area contributed by atoms with Gasteiger partial charge in [0.05, 0.1) is 17.6 Å². The molecule has 0 saturated carbocycles. The predicted octanol–water partition coefficient (Wildman–Crippen LogP) is 2.73. The molecule has 0 spiro atoms. The molecule has 2 rings (SSSR count). The van der Waals surface area contributed by atoms with Gasteiger partial charge in [-0.25, -0.2) is 0 Å². The van der Waals surface area contributed by atoms with Gasteiger partial charge in [0.15, 0.2) is 0 Å². The number of anilines is 1. The summed E-state index contributed by atoms with van der Waals surface area (Å²) in [5.74, 6) is 0. The molecule has 2 heterocycles. The average molecular weight is 233 g/mol. The fourth-order valence-corrected chi connectivity index (χ4v) is 2.22. The first-order valence-corrected chi connectivity index (χ1v) is 6.44. The molecule has 0 aromatic carbocycles. The highest BCUT2D eigenvalue weighted by Crippen LogP contribution is 2.31. The Morgan fingerprint density at radius 3 is 2.41 bits per heavy atom. The van der Waals surface area contributed by atoms with Crippen molar-refractivity contribution < 1.29 is 0 Å². The third-order valence-corrected chi connectivity index (χ3v) is 3.72.